The molecule has 0 bridgehead atoms. The van der Waals surface area contributed by atoms with Crippen LogP contribution in [0.4, 0.5) is 17.1 Å². The lowest BCUT2D eigenvalue weighted by Gasteiger charge is -2.28. The second-order valence-corrected chi connectivity index (χ2v) is 16.4. The number of anilines is 3. The molecule has 0 unspecified atom stereocenters. The zero-order chi connectivity index (χ0) is 41.7. The van der Waals surface area contributed by atoms with E-state index in [9.17, 15) is 0 Å². The van der Waals surface area contributed by atoms with Crippen molar-refractivity contribution in [3.05, 3.63) is 249 Å². The van der Waals surface area contributed by atoms with Crippen LogP contribution < -0.4 is 4.90 Å². The van der Waals surface area contributed by atoms with E-state index >= 15 is 0 Å². The molecule has 12 rings (SSSR count). The summed E-state index contributed by atoms with van der Waals surface area (Å²) < 4.78 is 0. The maximum absolute atomic E-state index is 2.44. The zero-order valence-corrected chi connectivity index (χ0v) is 34.6. The topological polar surface area (TPSA) is 3.24 Å². The SMILES string of the molecule is c1ccc(-c2c(-c3ccc(N(c4ccc(-c5ccc(-c6ccc7ccccc7c6)cc5)cc4)c4cccc5c6ccccc6c6ccccc6c45)cc3)ccc3ccccc23)cc1. The number of nitrogens with zero attached hydrogens (tertiary/aromatic N) is 1. The first kappa shape index (κ1) is 36.6. The summed E-state index contributed by atoms with van der Waals surface area (Å²) in [4.78, 5) is 2.44. The van der Waals surface area contributed by atoms with Crippen molar-refractivity contribution in [1.82, 2.24) is 0 Å². The molecule has 1 nitrogen and oxygen atoms in total. The Kier molecular flexibility index (Phi) is 8.90. The maximum atomic E-state index is 2.44. The fourth-order valence-electron chi connectivity index (χ4n) is 9.80. The second kappa shape index (κ2) is 15.3. The zero-order valence-electron chi connectivity index (χ0n) is 34.6. The highest BCUT2D eigenvalue weighted by Gasteiger charge is 2.20. The summed E-state index contributed by atoms with van der Waals surface area (Å²) in [6.45, 7) is 0. The lowest BCUT2D eigenvalue weighted by molar-refractivity contribution is 1.30. The Bertz CT molecular complexity index is 3600. The number of rotatable bonds is 7. The lowest BCUT2D eigenvalue weighted by atomic mass is 9.89. The molecule has 0 aliphatic rings. The van der Waals surface area contributed by atoms with Crippen LogP contribution >= 0.6 is 0 Å². The van der Waals surface area contributed by atoms with E-state index in [1.54, 1.807) is 0 Å². The molecule has 0 fully saturated rings. The van der Waals surface area contributed by atoms with Crippen molar-refractivity contribution in [2.45, 2.75) is 0 Å². The van der Waals surface area contributed by atoms with E-state index < -0.39 is 0 Å². The molecular formula is C62H41N. The average molecular weight is 800 g/mol. The lowest BCUT2D eigenvalue weighted by Crippen LogP contribution is -2.10. The second-order valence-electron chi connectivity index (χ2n) is 16.4. The number of hydrogen-bond acceptors (Lipinski definition) is 1. The van der Waals surface area contributed by atoms with Crippen molar-refractivity contribution >= 4 is 70.9 Å². The van der Waals surface area contributed by atoms with E-state index in [-0.39, 0.29) is 0 Å². The molecule has 0 spiro atoms. The Morgan fingerprint density at radius 1 is 0.238 bits per heavy atom. The molecule has 0 aliphatic heterocycles. The first-order valence-corrected chi connectivity index (χ1v) is 21.7. The predicted molar refractivity (Wildman–Crippen MR) is 270 cm³/mol. The Labute approximate surface area is 367 Å². The molecule has 0 radical (unpaired) electrons. The van der Waals surface area contributed by atoms with Crippen molar-refractivity contribution in [2.24, 2.45) is 0 Å². The molecule has 12 aromatic rings. The van der Waals surface area contributed by atoms with Crippen LogP contribution in [0.25, 0.3) is 98.4 Å². The van der Waals surface area contributed by atoms with Gasteiger partial charge in [0.05, 0.1) is 5.69 Å². The molecule has 0 aromatic heterocycles. The summed E-state index contributed by atoms with van der Waals surface area (Å²) >= 11 is 0. The molecule has 0 atom stereocenters. The van der Waals surface area contributed by atoms with Gasteiger partial charge in [-0.05, 0) is 129 Å². The highest BCUT2D eigenvalue weighted by Crippen LogP contribution is 2.46. The Balaban J connectivity index is 0.992. The fourth-order valence-corrected chi connectivity index (χ4v) is 9.80. The molecule has 0 amide bonds. The molecule has 0 N–H and O–H groups in total. The van der Waals surface area contributed by atoms with Gasteiger partial charge in [0.15, 0.2) is 0 Å². The molecule has 0 saturated carbocycles. The third-order valence-corrected chi connectivity index (χ3v) is 12.8. The Morgan fingerprint density at radius 3 is 1.33 bits per heavy atom. The van der Waals surface area contributed by atoms with Crippen molar-refractivity contribution in [3.63, 3.8) is 0 Å². The van der Waals surface area contributed by atoms with Crippen molar-refractivity contribution in [1.29, 1.82) is 0 Å². The number of hydrogen-bond donors (Lipinski definition) is 0. The number of benzene rings is 12. The summed E-state index contributed by atoms with van der Waals surface area (Å²) in [5.41, 5.74) is 13.0. The molecule has 0 saturated heterocycles. The summed E-state index contributed by atoms with van der Waals surface area (Å²) in [6, 6.07) is 91.0. The minimum atomic E-state index is 1.10. The van der Waals surface area contributed by atoms with Gasteiger partial charge in [-0.25, -0.2) is 0 Å². The van der Waals surface area contributed by atoms with Gasteiger partial charge in [-0.2, -0.15) is 0 Å². The van der Waals surface area contributed by atoms with Crippen molar-refractivity contribution in [3.8, 4) is 44.5 Å². The van der Waals surface area contributed by atoms with Gasteiger partial charge in [-0.3, -0.25) is 0 Å². The predicted octanol–water partition coefficient (Wildman–Crippen LogP) is 17.6. The van der Waals surface area contributed by atoms with Crippen LogP contribution in [-0.4, -0.2) is 0 Å². The smallest absolute Gasteiger partial charge is 0.0546 e. The highest BCUT2D eigenvalue weighted by atomic mass is 15.1. The van der Waals surface area contributed by atoms with Gasteiger partial charge in [0.1, 0.15) is 0 Å². The quantitative estimate of drug-likeness (QED) is 0.145. The third-order valence-electron chi connectivity index (χ3n) is 12.8. The average Bonchev–Trinajstić information content (AvgIpc) is 3.37. The van der Waals surface area contributed by atoms with E-state index in [1.165, 1.54) is 98.4 Å². The highest BCUT2D eigenvalue weighted by molar-refractivity contribution is 6.28. The summed E-state index contributed by atoms with van der Waals surface area (Å²) in [5, 5.41) is 12.5. The Hall–Kier alpha value is -8.26. The minimum Gasteiger partial charge on any atom is -0.310 e. The molecule has 294 valence electrons. The first-order valence-electron chi connectivity index (χ1n) is 21.7. The summed E-state index contributed by atoms with van der Waals surface area (Å²) in [7, 11) is 0. The van der Waals surface area contributed by atoms with Crippen molar-refractivity contribution in [2.75, 3.05) is 4.90 Å². The van der Waals surface area contributed by atoms with Crippen molar-refractivity contribution < 1.29 is 0 Å². The van der Waals surface area contributed by atoms with Crippen LogP contribution in [0.2, 0.25) is 0 Å². The van der Waals surface area contributed by atoms with Crippen LogP contribution in [0.5, 0.6) is 0 Å². The molecular weight excluding hydrogens is 759 g/mol. The molecule has 0 heterocycles. The maximum Gasteiger partial charge on any atom is 0.0546 e. The van der Waals surface area contributed by atoms with E-state index in [2.05, 4.69) is 254 Å². The van der Waals surface area contributed by atoms with E-state index in [4.69, 9.17) is 0 Å². The van der Waals surface area contributed by atoms with Gasteiger partial charge < -0.3 is 4.90 Å². The van der Waals surface area contributed by atoms with Gasteiger partial charge in [0.2, 0.25) is 0 Å². The largest absolute Gasteiger partial charge is 0.310 e. The molecule has 12 aromatic carbocycles. The fraction of sp³-hybridized carbons (Fsp3) is 0. The minimum absolute atomic E-state index is 1.10. The molecule has 1 heteroatoms. The number of fused-ring (bicyclic) bond motifs is 8. The standard InChI is InChI=1S/C62H41N/c1-2-15-48(16-3-1)61-53-18-7-6-14-46(53)35-40-54(61)47-33-38-52(39-34-47)63(60-24-12-23-59-57-20-9-8-19-55(57)56-21-10-11-22-58(56)62(59)60)51-36-31-44(32-37-51)43-25-27-45(28-26-43)50-30-29-42-13-4-5-17-49(42)41-50/h1-41H. The van der Waals surface area contributed by atoms with Gasteiger partial charge in [0, 0.05) is 16.8 Å². The first-order chi connectivity index (χ1) is 31.2. The third kappa shape index (κ3) is 6.42. The molecule has 63 heavy (non-hydrogen) atoms. The van der Waals surface area contributed by atoms with E-state index in [0.29, 0.717) is 0 Å². The van der Waals surface area contributed by atoms with E-state index in [1.807, 2.05) is 0 Å². The van der Waals surface area contributed by atoms with Gasteiger partial charge in [0.25, 0.3) is 0 Å². The normalized spacial score (nSPS) is 11.5. The van der Waals surface area contributed by atoms with Gasteiger partial charge >= 0.3 is 0 Å². The van der Waals surface area contributed by atoms with Crippen LogP contribution in [0, 0.1) is 0 Å². The van der Waals surface area contributed by atoms with Gasteiger partial charge in [-0.1, -0.05) is 212 Å². The van der Waals surface area contributed by atoms with Crippen LogP contribution in [0.3, 0.4) is 0 Å². The van der Waals surface area contributed by atoms with Gasteiger partial charge in [-0.15, -0.1) is 0 Å². The summed E-state index contributed by atoms with van der Waals surface area (Å²) in [5.74, 6) is 0. The monoisotopic (exact) mass is 799 g/mol. The van der Waals surface area contributed by atoms with Crippen LogP contribution in [0.1, 0.15) is 0 Å². The Morgan fingerprint density at radius 2 is 0.683 bits per heavy atom. The van der Waals surface area contributed by atoms with E-state index in [0.717, 1.165) is 17.1 Å². The van der Waals surface area contributed by atoms with Crippen LogP contribution in [-0.2, 0) is 0 Å². The molecule has 0 aliphatic carbocycles. The summed E-state index contributed by atoms with van der Waals surface area (Å²) in [6.07, 6.45) is 0. The van der Waals surface area contributed by atoms with Crippen LogP contribution in [0.15, 0.2) is 249 Å².